The molecule has 2 aliphatic rings. The molecule has 2 unspecified atom stereocenters. The average Bonchev–Trinajstić information content (AvgIpc) is 2.84. The van der Waals surface area contributed by atoms with E-state index in [4.69, 9.17) is 9.47 Å². The van der Waals surface area contributed by atoms with Crippen molar-refractivity contribution in [3.63, 3.8) is 0 Å². The van der Waals surface area contributed by atoms with Crippen LogP contribution in [-0.2, 0) is 14.3 Å². The fourth-order valence-corrected chi connectivity index (χ4v) is 4.48. The molecule has 122 valence electrons. The van der Waals surface area contributed by atoms with E-state index in [1.54, 1.807) is 0 Å². The molecule has 1 aliphatic carbocycles. The first-order valence-corrected chi connectivity index (χ1v) is 9.39. The second kappa shape index (κ2) is 8.39. The normalized spacial score (nSPS) is 29.3. The van der Waals surface area contributed by atoms with Gasteiger partial charge in [0.2, 0.25) is 0 Å². The van der Waals surface area contributed by atoms with Crippen molar-refractivity contribution in [1.82, 2.24) is 5.32 Å². The Hall–Kier alpha value is -0.260. The molecule has 2 rings (SSSR count). The van der Waals surface area contributed by atoms with Crippen molar-refractivity contribution in [1.29, 1.82) is 0 Å². The van der Waals surface area contributed by atoms with Crippen LogP contribution in [0.2, 0.25) is 0 Å². The Labute approximate surface area is 132 Å². The largest absolute Gasteiger partial charge is 0.465 e. The molecule has 0 bridgehead atoms. The van der Waals surface area contributed by atoms with E-state index in [0.29, 0.717) is 17.8 Å². The summed E-state index contributed by atoms with van der Waals surface area (Å²) in [6.07, 6.45) is 5.32. The first-order valence-electron chi connectivity index (χ1n) is 8.34. The van der Waals surface area contributed by atoms with Crippen LogP contribution in [0.15, 0.2) is 0 Å². The number of ether oxygens (including phenoxy) is 2. The summed E-state index contributed by atoms with van der Waals surface area (Å²) in [5, 5.41) is 4.21. The standard InChI is InChI=1S/C16H29NO3S/c1-3-9-17-16(15(18)20-4-2)8-5-6-13(16)7-10-21-14-11-19-12-14/h13-14,17H,3-12H2,1-2H3. The van der Waals surface area contributed by atoms with Crippen LogP contribution in [0.25, 0.3) is 0 Å². The zero-order chi connectivity index (χ0) is 15.1. The molecule has 0 aromatic rings. The smallest absolute Gasteiger partial charge is 0.326 e. The lowest BCUT2D eigenvalue weighted by Gasteiger charge is -2.35. The van der Waals surface area contributed by atoms with Crippen LogP contribution >= 0.6 is 11.8 Å². The van der Waals surface area contributed by atoms with Crippen molar-refractivity contribution in [2.75, 3.05) is 32.1 Å². The number of thioether (sulfide) groups is 1. The first-order chi connectivity index (χ1) is 10.2. The lowest BCUT2D eigenvalue weighted by molar-refractivity contribution is -0.153. The van der Waals surface area contributed by atoms with E-state index in [1.165, 1.54) is 0 Å². The minimum atomic E-state index is -0.428. The third-order valence-corrected chi connectivity index (χ3v) is 5.79. The van der Waals surface area contributed by atoms with Crippen molar-refractivity contribution < 1.29 is 14.3 Å². The molecule has 1 saturated heterocycles. The summed E-state index contributed by atoms with van der Waals surface area (Å²) < 4.78 is 10.6. The van der Waals surface area contributed by atoms with E-state index in [-0.39, 0.29) is 5.97 Å². The number of carbonyl (C=O) groups excluding carboxylic acids is 1. The highest BCUT2D eigenvalue weighted by molar-refractivity contribution is 8.00. The second-order valence-corrected chi connectivity index (χ2v) is 7.43. The molecule has 1 saturated carbocycles. The van der Waals surface area contributed by atoms with Gasteiger partial charge in [-0.05, 0) is 50.8 Å². The maximum Gasteiger partial charge on any atom is 0.326 e. The van der Waals surface area contributed by atoms with Crippen LogP contribution in [0.1, 0.15) is 46.0 Å². The molecular formula is C16H29NO3S. The molecule has 2 atom stereocenters. The van der Waals surface area contributed by atoms with Crippen LogP contribution in [-0.4, -0.2) is 48.9 Å². The van der Waals surface area contributed by atoms with Gasteiger partial charge in [0.05, 0.1) is 25.1 Å². The summed E-state index contributed by atoms with van der Waals surface area (Å²) in [6, 6.07) is 0. The monoisotopic (exact) mass is 315 g/mol. The van der Waals surface area contributed by atoms with Crippen molar-refractivity contribution in [3.8, 4) is 0 Å². The summed E-state index contributed by atoms with van der Waals surface area (Å²) in [5.41, 5.74) is -0.428. The SMILES string of the molecule is CCCNC1(C(=O)OCC)CCCC1CCSC1COC1. The number of hydrogen-bond acceptors (Lipinski definition) is 5. The van der Waals surface area contributed by atoms with E-state index in [1.807, 2.05) is 18.7 Å². The van der Waals surface area contributed by atoms with Gasteiger partial charge in [-0.15, -0.1) is 0 Å². The van der Waals surface area contributed by atoms with Gasteiger partial charge in [0, 0.05) is 0 Å². The lowest BCUT2D eigenvalue weighted by atomic mass is 9.84. The number of rotatable bonds is 9. The van der Waals surface area contributed by atoms with Gasteiger partial charge >= 0.3 is 5.97 Å². The molecule has 4 nitrogen and oxygen atoms in total. The van der Waals surface area contributed by atoms with Gasteiger partial charge in [-0.2, -0.15) is 11.8 Å². The molecule has 1 heterocycles. The number of hydrogen-bond donors (Lipinski definition) is 1. The minimum absolute atomic E-state index is 0.0297. The Kier molecular flexibility index (Phi) is 6.83. The van der Waals surface area contributed by atoms with Crippen molar-refractivity contribution >= 4 is 17.7 Å². The van der Waals surface area contributed by atoms with Crippen LogP contribution in [0.5, 0.6) is 0 Å². The van der Waals surface area contributed by atoms with Crippen LogP contribution < -0.4 is 5.32 Å². The fourth-order valence-electron chi connectivity index (χ4n) is 3.34. The van der Waals surface area contributed by atoms with Crippen molar-refractivity contribution in [3.05, 3.63) is 0 Å². The second-order valence-electron chi connectivity index (χ2n) is 6.03. The first kappa shape index (κ1) is 17.1. The fraction of sp³-hybridized carbons (Fsp3) is 0.938. The molecule has 0 aromatic heterocycles. The Bertz CT molecular complexity index is 335. The Morgan fingerprint density at radius 2 is 2.24 bits per heavy atom. The molecule has 1 N–H and O–H groups in total. The van der Waals surface area contributed by atoms with Gasteiger partial charge < -0.3 is 14.8 Å². The summed E-state index contributed by atoms with van der Waals surface area (Å²) >= 11 is 1.99. The summed E-state index contributed by atoms with van der Waals surface area (Å²) in [6.45, 7) is 7.18. The molecule has 0 spiro atoms. The highest BCUT2D eigenvalue weighted by Crippen LogP contribution is 2.40. The van der Waals surface area contributed by atoms with Crippen LogP contribution in [0, 0.1) is 5.92 Å². The number of nitrogens with one attached hydrogen (secondary N) is 1. The van der Waals surface area contributed by atoms with Gasteiger partial charge in [0.25, 0.3) is 0 Å². The highest BCUT2D eigenvalue weighted by atomic mass is 32.2. The predicted molar refractivity (Wildman–Crippen MR) is 86.7 cm³/mol. The van der Waals surface area contributed by atoms with Crippen LogP contribution in [0.4, 0.5) is 0 Å². The van der Waals surface area contributed by atoms with E-state index in [9.17, 15) is 4.79 Å². The Morgan fingerprint density at radius 1 is 1.43 bits per heavy atom. The quantitative estimate of drug-likeness (QED) is 0.663. The molecule has 21 heavy (non-hydrogen) atoms. The third-order valence-electron chi connectivity index (χ3n) is 4.58. The van der Waals surface area contributed by atoms with Crippen molar-refractivity contribution in [2.45, 2.75) is 56.7 Å². The van der Waals surface area contributed by atoms with Gasteiger partial charge in [0.1, 0.15) is 5.54 Å². The highest BCUT2D eigenvalue weighted by Gasteiger charge is 2.49. The van der Waals surface area contributed by atoms with E-state index >= 15 is 0 Å². The van der Waals surface area contributed by atoms with Crippen LogP contribution in [0.3, 0.4) is 0 Å². The average molecular weight is 315 g/mol. The minimum Gasteiger partial charge on any atom is -0.465 e. The van der Waals surface area contributed by atoms with E-state index in [0.717, 1.165) is 57.6 Å². The molecule has 0 aromatic carbocycles. The zero-order valence-corrected chi connectivity index (χ0v) is 14.2. The third kappa shape index (κ3) is 4.14. The zero-order valence-electron chi connectivity index (χ0n) is 13.4. The molecule has 5 heteroatoms. The summed E-state index contributed by atoms with van der Waals surface area (Å²) in [7, 11) is 0. The predicted octanol–water partition coefficient (Wildman–Crippen LogP) is 2.61. The maximum absolute atomic E-state index is 12.5. The molecule has 0 amide bonds. The van der Waals surface area contributed by atoms with Crippen molar-refractivity contribution in [2.24, 2.45) is 5.92 Å². The number of esters is 1. The maximum atomic E-state index is 12.5. The van der Waals surface area contributed by atoms with Gasteiger partial charge in [0.15, 0.2) is 0 Å². The lowest BCUT2D eigenvalue weighted by Crippen LogP contribution is -2.56. The van der Waals surface area contributed by atoms with Gasteiger partial charge in [-0.25, -0.2) is 0 Å². The Morgan fingerprint density at radius 3 is 2.86 bits per heavy atom. The van der Waals surface area contributed by atoms with Gasteiger partial charge in [-0.3, -0.25) is 4.79 Å². The van der Waals surface area contributed by atoms with E-state index < -0.39 is 5.54 Å². The van der Waals surface area contributed by atoms with Gasteiger partial charge in [-0.1, -0.05) is 13.3 Å². The Balaban J connectivity index is 1.92. The molecule has 0 radical (unpaired) electrons. The molecular weight excluding hydrogens is 286 g/mol. The molecule has 2 fully saturated rings. The summed E-state index contributed by atoms with van der Waals surface area (Å²) in [4.78, 5) is 12.5. The summed E-state index contributed by atoms with van der Waals surface area (Å²) in [5.74, 6) is 1.50. The number of carbonyl (C=O) groups is 1. The molecule has 1 aliphatic heterocycles. The topological polar surface area (TPSA) is 47.6 Å². The van der Waals surface area contributed by atoms with E-state index in [2.05, 4.69) is 12.2 Å².